The standard InChI is InChI=1S/C9H16ClN3/c1-3-13-6-12-9(10)8(13)5-4-7(2)11/h6-7H,3-5,11H2,1-2H3/t7-/m1/s1. The lowest BCUT2D eigenvalue weighted by molar-refractivity contribution is 0.626. The van der Waals surface area contributed by atoms with Crippen LogP contribution in [0.4, 0.5) is 0 Å². The van der Waals surface area contributed by atoms with E-state index in [2.05, 4.69) is 16.5 Å². The fraction of sp³-hybridized carbons (Fsp3) is 0.667. The van der Waals surface area contributed by atoms with Gasteiger partial charge in [0.25, 0.3) is 0 Å². The number of hydrogen-bond donors (Lipinski definition) is 1. The van der Waals surface area contributed by atoms with E-state index >= 15 is 0 Å². The maximum atomic E-state index is 5.93. The van der Waals surface area contributed by atoms with Gasteiger partial charge in [-0.3, -0.25) is 0 Å². The molecule has 1 aromatic rings. The highest BCUT2D eigenvalue weighted by atomic mass is 35.5. The number of nitrogens with zero attached hydrogens (tertiary/aromatic N) is 2. The fourth-order valence-corrected chi connectivity index (χ4v) is 1.51. The predicted molar refractivity (Wildman–Crippen MR) is 54.9 cm³/mol. The molecule has 0 amide bonds. The Bertz CT molecular complexity index is 268. The van der Waals surface area contributed by atoms with Gasteiger partial charge in [-0.25, -0.2) is 4.98 Å². The highest BCUT2D eigenvalue weighted by Crippen LogP contribution is 2.15. The summed E-state index contributed by atoms with van der Waals surface area (Å²) in [6.07, 6.45) is 3.63. The largest absolute Gasteiger partial charge is 0.333 e. The summed E-state index contributed by atoms with van der Waals surface area (Å²) in [6, 6.07) is 0.219. The first-order valence-electron chi connectivity index (χ1n) is 4.60. The molecule has 0 fully saturated rings. The van der Waals surface area contributed by atoms with E-state index in [1.54, 1.807) is 6.33 Å². The van der Waals surface area contributed by atoms with Gasteiger partial charge >= 0.3 is 0 Å². The molecule has 0 bridgehead atoms. The lowest BCUT2D eigenvalue weighted by atomic mass is 10.1. The zero-order chi connectivity index (χ0) is 9.84. The third-order valence-corrected chi connectivity index (χ3v) is 2.39. The third kappa shape index (κ3) is 2.71. The average Bonchev–Trinajstić information content (AvgIpc) is 2.43. The van der Waals surface area contributed by atoms with Crippen molar-refractivity contribution in [3.63, 3.8) is 0 Å². The molecule has 0 aliphatic heterocycles. The van der Waals surface area contributed by atoms with Crippen molar-refractivity contribution in [2.45, 2.75) is 39.3 Å². The first-order valence-corrected chi connectivity index (χ1v) is 4.98. The van der Waals surface area contributed by atoms with Gasteiger partial charge in [0.2, 0.25) is 0 Å². The highest BCUT2D eigenvalue weighted by Gasteiger charge is 2.08. The summed E-state index contributed by atoms with van der Waals surface area (Å²) in [6.45, 7) is 4.99. The zero-order valence-corrected chi connectivity index (χ0v) is 8.88. The molecular weight excluding hydrogens is 186 g/mol. The van der Waals surface area contributed by atoms with Crippen molar-refractivity contribution in [1.82, 2.24) is 9.55 Å². The SMILES string of the molecule is CCn1cnc(Cl)c1CC[C@@H](C)N. The quantitative estimate of drug-likeness (QED) is 0.808. The second-order valence-electron chi connectivity index (χ2n) is 3.28. The fourth-order valence-electron chi connectivity index (χ4n) is 1.27. The van der Waals surface area contributed by atoms with Crippen molar-refractivity contribution in [2.75, 3.05) is 0 Å². The molecule has 0 saturated heterocycles. The molecule has 0 radical (unpaired) electrons. The zero-order valence-electron chi connectivity index (χ0n) is 8.13. The number of imidazole rings is 1. The minimum atomic E-state index is 0.219. The predicted octanol–water partition coefficient (Wildman–Crippen LogP) is 1.84. The second kappa shape index (κ2) is 4.63. The van der Waals surface area contributed by atoms with E-state index in [1.807, 2.05) is 6.92 Å². The molecule has 74 valence electrons. The van der Waals surface area contributed by atoms with Crippen LogP contribution in [0.25, 0.3) is 0 Å². The Morgan fingerprint density at radius 1 is 1.69 bits per heavy atom. The van der Waals surface area contributed by atoms with Crippen molar-refractivity contribution in [3.8, 4) is 0 Å². The lowest BCUT2D eigenvalue weighted by Crippen LogP contribution is -2.16. The summed E-state index contributed by atoms with van der Waals surface area (Å²) in [7, 11) is 0. The molecule has 1 aromatic heterocycles. The van der Waals surface area contributed by atoms with E-state index in [9.17, 15) is 0 Å². The summed E-state index contributed by atoms with van der Waals surface area (Å²) >= 11 is 5.93. The molecule has 0 unspecified atom stereocenters. The van der Waals surface area contributed by atoms with Crippen LogP contribution in [0.1, 0.15) is 26.0 Å². The van der Waals surface area contributed by atoms with Crippen LogP contribution in [-0.4, -0.2) is 15.6 Å². The Labute approximate surface area is 83.9 Å². The van der Waals surface area contributed by atoms with Gasteiger partial charge in [-0.1, -0.05) is 11.6 Å². The van der Waals surface area contributed by atoms with Crippen molar-refractivity contribution < 1.29 is 0 Å². The highest BCUT2D eigenvalue weighted by molar-refractivity contribution is 6.30. The maximum absolute atomic E-state index is 5.93. The molecule has 0 aliphatic carbocycles. The van der Waals surface area contributed by atoms with Crippen molar-refractivity contribution in [2.24, 2.45) is 5.73 Å². The molecule has 1 heterocycles. The molecule has 0 aliphatic rings. The lowest BCUT2D eigenvalue weighted by Gasteiger charge is -2.07. The summed E-state index contributed by atoms with van der Waals surface area (Å²) in [5.74, 6) is 0. The van der Waals surface area contributed by atoms with Crippen LogP contribution in [0.3, 0.4) is 0 Å². The van der Waals surface area contributed by atoms with Gasteiger partial charge in [-0.05, 0) is 26.7 Å². The van der Waals surface area contributed by atoms with Gasteiger partial charge in [0.05, 0.1) is 12.0 Å². The van der Waals surface area contributed by atoms with Crippen LogP contribution in [-0.2, 0) is 13.0 Å². The third-order valence-electron chi connectivity index (χ3n) is 2.07. The topological polar surface area (TPSA) is 43.8 Å². The number of halogens is 1. The van der Waals surface area contributed by atoms with E-state index in [1.165, 1.54) is 0 Å². The first-order chi connectivity index (χ1) is 6.15. The number of aromatic nitrogens is 2. The van der Waals surface area contributed by atoms with E-state index < -0.39 is 0 Å². The van der Waals surface area contributed by atoms with Gasteiger partial charge in [0.15, 0.2) is 0 Å². The molecule has 4 heteroatoms. The summed E-state index contributed by atoms with van der Waals surface area (Å²) in [5.41, 5.74) is 6.78. The van der Waals surface area contributed by atoms with Gasteiger partial charge in [0.1, 0.15) is 5.15 Å². The smallest absolute Gasteiger partial charge is 0.150 e. The molecule has 13 heavy (non-hydrogen) atoms. The molecule has 0 aromatic carbocycles. The van der Waals surface area contributed by atoms with E-state index in [-0.39, 0.29) is 6.04 Å². The molecule has 0 spiro atoms. The molecular formula is C9H16ClN3. The number of rotatable bonds is 4. The minimum Gasteiger partial charge on any atom is -0.333 e. The van der Waals surface area contributed by atoms with Crippen LogP contribution in [0.5, 0.6) is 0 Å². The van der Waals surface area contributed by atoms with Crippen LogP contribution < -0.4 is 5.73 Å². The molecule has 1 atom stereocenters. The Balaban J connectivity index is 2.68. The van der Waals surface area contributed by atoms with Crippen LogP contribution >= 0.6 is 11.6 Å². The Morgan fingerprint density at radius 3 is 2.92 bits per heavy atom. The maximum Gasteiger partial charge on any atom is 0.150 e. The van der Waals surface area contributed by atoms with Crippen molar-refractivity contribution >= 4 is 11.6 Å². The normalized spacial score (nSPS) is 13.2. The number of hydrogen-bond acceptors (Lipinski definition) is 2. The minimum absolute atomic E-state index is 0.219. The van der Waals surface area contributed by atoms with Crippen LogP contribution in [0.2, 0.25) is 5.15 Å². The molecule has 0 saturated carbocycles. The monoisotopic (exact) mass is 201 g/mol. The second-order valence-corrected chi connectivity index (χ2v) is 3.64. The van der Waals surface area contributed by atoms with E-state index in [4.69, 9.17) is 17.3 Å². The Hall–Kier alpha value is -0.540. The van der Waals surface area contributed by atoms with Crippen LogP contribution in [0.15, 0.2) is 6.33 Å². The van der Waals surface area contributed by atoms with E-state index in [0.717, 1.165) is 25.1 Å². The van der Waals surface area contributed by atoms with Gasteiger partial charge < -0.3 is 10.3 Å². The van der Waals surface area contributed by atoms with Gasteiger partial charge in [0, 0.05) is 12.6 Å². The van der Waals surface area contributed by atoms with Crippen molar-refractivity contribution in [3.05, 3.63) is 17.2 Å². The van der Waals surface area contributed by atoms with E-state index in [0.29, 0.717) is 5.15 Å². The molecule has 2 N–H and O–H groups in total. The number of nitrogens with two attached hydrogens (primary N) is 1. The Morgan fingerprint density at radius 2 is 2.38 bits per heavy atom. The van der Waals surface area contributed by atoms with Crippen molar-refractivity contribution in [1.29, 1.82) is 0 Å². The number of aryl methyl sites for hydroxylation is 1. The van der Waals surface area contributed by atoms with Gasteiger partial charge in [-0.15, -0.1) is 0 Å². The van der Waals surface area contributed by atoms with Gasteiger partial charge in [-0.2, -0.15) is 0 Å². The average molecular weight is 202 g/mol. The molecule has 3 nitrogen and oxygen atoms in total. The summed E-state index contributed by atoms with van der Waals surface area (Å²) in [4.78, 5) is 4.05. The first kappa shape index (κ1) is 10.5. The van der Waals surface area contributed by atoms with Crippen LogP contribution in [0, 0.1) is 0 Å². The summed E-state index contributed by atoms with van der Waals surface area (Å²) < 4.78 is 2.06. The summed E-state index contributed by atoms with van der Waals surface area (Å²) in [5, 5.41) is 0.613. The molecule has 1 rings (SSSR count). The Kier molecular flexibility index (Phi) is 3.75.